The summed E-state index contributed by atoms with van der Waals surface area (Å²) in [5.41, 5.74) is 1.16. The van der Waals surface area contributed by atoms with E-state index in [1.165, 1.54) is 12.8 Å². The van der Waals surface area contributed by atoms with E-state index in [9.17, 15) is 4.79 Å². The molecule has 0 saturated carbocycles. The molecule has 1 N–H and O–H groups in total. The van der Waals surface area contributed by atoms with Crippen LogP contribution in [-0.2, 0) is 4.79 Å². The van der Waals surface area contributed by atoms with Crippen LogP contribution in [0.5, 0.6) is 0 Å². The van der Waals surface area contributed by atoms with Crippen molar-refractivity contribution in [2.75, 3.05) is 19.6 Å². The van der Waals surface area contributed by atoms with Gasteiger partial charge >= 0.3 is 0 Å². The lowest BCUT2D eigenvalue weighted by Gasteiger charge is -2.30. The maximum Gasteiger partial charge on any atom is 0.221 e. The number of rotatable bonds is 5. The number of hydrogen-bond donors (Lipinski definition) is 1. The van der Waals surface area contributed by atoms with Crippen LogP contribution in [0.1, 0.15) is 44.7 Å². The van der Waals surface area contributed by atoms with Crippen LogP contribution in [0.2, 0.25) is 0 Å². The third kappa shape index (κ3) is 4.64. The number of piperidine rings is 1. The quantitative estimate of drug-likeness (QED) is 0.895. The van der Waals surface area contributed by atoms with E-state index in [1.54, 1.807) is 0 Å². The molecule has 20 heavy (non-hydrogen) atoms. The van der Waals surface area contributed by atoms with Crippen LogP contribution < -0.4 is 5.32 Å². The van der Waals surface area contributed by atoms with E-state index < -0.39 is 0 Å². The molecule has 0 spiro atoms. The molecule has 1 amide bonds. The van der Waals surface area contributed by atoms with Crippen LogP contribution in [0.25, 0.3) is 0 Å². The molecule has 0 bridgehead atoms. The molecule has 0 radical (unpaired) electrons. The summed E-state index contributed by atoms with van der Waals surface area (Å²) in [4.78, 5) is 14.4. The van der Waals surface area contributed by atoms with Crippen molar-refractivity contribution in [2.45, 2.75) is 39.2 Å². The molecule has 1 fully saturated rings. The molecule has 1 aliphatic rings. The summed E-state index contributed by atoms with van der Waals surface area (Å²) in [6, 6.07) is 10.2. The van der Waals surface area contributed by atoms with E-state index in [4.69, 9.17) is 0 Å². The third-order valence-corrected chi connectivity index (χ3v) is 4.07. The largest absolute Gasteiger partial charge is 0.350 e. The fourth-order valence-electron chi connectivity index (χ4n) is 2.89. The highest BCUT2D eigenvalue weighted by Gasteiger charge is 2.17. The Balaban J connectivity index is 1.72. The van der Waals surface area contributed by atoms with Gasteiger partial charge in [-0.2, -0.15) is 0 Å². The summed E-state index contributed by atoms with van der Waals surface area (Å²) >= 11 is 0. The number of carbonyl (C=O) groups is 1. The molecular formula is C17H26N2O. The van der Waals surface area contributed by atoms with Gasteiger partial charge in [-0.15, -0.1) is 0 Å². The van der Waals surface area contributed by atoms with Crippen LogP contribution in [-0.4, -0.2) is 30.4 Å². The van der Waals surface area contributed by atoms with Crippen molar-refractivity contribution in [1.29, 1.82) is 0 Å². The van der Waals surface area contributed by atoms with Gasteiger partial charge in [-0.25, -0.2) is 0 Å². The lowest BCUT2D eigenvalue weighted by atomic mass is 10.0. The number of hydrogen-bond acceptors (Lipinski definition) is 2. The summed E-state index contributed by atoms with van der Waals surface area (Å²) in [7, 11) is 0. The Morgan fingerprint density at radius 1 is 1.40 bits per heavy atom. The van der Waals surface area contributed by atoms with Crippen molar-refractivity contribution in [3.8, 4) is 0 Å². The van der Waals surface area contributed by atoms with Crippen LogP contribution in [0.15, 0.2) is 30.3 Å². The normalized spacial score (nSPS) is 21.4. The molecule has 2 rings (SSSR count). The molecule has 1 heterocycles. The molecule has 110 valence electrons. The van der Waals surface area contributed by atoms with E-state index >= 15 is 0 Å². The molecule has 1 saturated heterocycles. The number of amides is 1. The average molecular weight is 274 g/mol. The molecule has 1 aliphatic heterocycles. The molecule has 0 aliphatic carbocycles. The van der Waals surface area contributed by atoms with E-state index in [0.29, 0.717) is 6.42 Å². The summed E-state index contributed by atoms with van der Waals surface area (Å²) in [5.74, 6) is 0.926. The van der Waals surface area contributed by atoms with Crippen LogP contribution in [0.3, 0.4) is 0 Å². The van der Waals surface area contributed by atoms with Gasteiger partial charge < -0.3 is 10.2 Å². The highest BCUT2D eigenvalue weighted by Crippen LogP contribution is 2.16. The van der Waals surface area contributed by atoms with Crippen LogP contribution in [0, 0.1) is 5.92 Å². The first-order valence-electron chi connectivity index (χ1n) is 7.72. The second-order valence-electron chi connectivity index (χ2n) is 6.00. The number of likely N-dealkylation sites (tertiary alicyclic amines) is 1. The smallest absolute Gasteiger partial charge is 0.221 e. The Labute approximate surface area is 122 Å². The first-order valence-corrected chi connectivity index (χ1v) is 7.72. The van der Waals surface area contributed by atoms with Crippen molar-refractivity contribution >= 4 is 5.91 Å². The Kier molecular flexibility index (Phi) is 5.60. The molecule has 3 heteroatoms. The standard InChI is InChI=1S/C17H26N2O/c1-14-7-6-11-19(13-14)12-10-17(20)18-15(2)16-8-4-3-5-9-16/h3-5,8-9,14-15H,6-7,10-13H2,1-2H3,(H,18,20). The minimum atomic E-state index is 0.0870. The van der Waals surface area contributed by atoms with Gasteiger partial charge in [0.15, 0.2) is 0 Å². The van der Waals surface area contributed by atoms with Gasteiger partial charge in [-0.3, -0.25) is 4.79 Å². The van der Waals surface area contributed by atoms with Gasteiger partial charge in [0, 0.05) is 19.5 Å². The van der Waals surface area contributed by atoms with Crippen molar-refractivity contribution in [1.82, 2.24) is 10.2 Å². The fraction of sp³-hybridized carbons (Fsp3) is 0.588. The molecule has 3 nitrogen and oxygen atoms in total. The second kappa shape index (κ2) is 7.44. The van der Waals surface area contributed by atoms with E-state index in [1.807, 2.05) is 25.1 Å². The number of benzene rings is 1. The number of nitrogens with one attached hydrogen (secondary N) is 1. The summed E-state index contributed by atoms with van der Waals surface area (Å²) in [6.07, 6.45) is 3.20. The maximum absolute atomic E-state index is 12.0. The second-order valence-corrected chi connectivity index (χ2v) is 6.00. The van der Waals surface area contributed by atoms with Crippen molar-refractivity contribution < 1.29 is 4.79 Å². The van der Waals surface area contributed by atoms with Gasteiger partial charge in [-0.1, -0.05) is 37.3 Å². The van der Waals surface area contributed by atoms with Crippen LogP contribution >= 0.6 is 0 Å². The van der Waals surface area contributed by atoms with Gasteiger partial charge in [0.25, 0.3) is 0 Å². The SMILES string of the molecule is CC1CCCN(CCC(=O)NC(C)c2ccccc2)C1. The van der Waals surface area contributed by atoms with Crippen molar-refractivity contribution in [2.24, 2.45) is 5.92 Å². The Hall–Kier alpha value is -1.35. The Morgan fingerprint density at radius 3 is 2.85 bits per heavy atom. The fourth-order valence-corrected chi connectivity index (χ4v) is 2.89. The monoisotopic (exact) mass is 274 g/mol. The topological polar surface area (TPSA) is 32.3 Å². The lowest BCUT2D eigenvalue weighted by Crippen LogP contribution is -2.37. The Bertz CT molecular complexity index is 418. The molecule has 1 aromatic carbocycles. The highest BCUT2D eigenvalue weighted by atomic mass is 16.1. The number of carbonyl (C=O) groups excluding carboxylic acids is 1. The zero-order valence-corrected chi connectivity index (χ0v) is 12.6. The highest BCUT2D eigenvalue weighted by molar-refractivity contribution is 5.76. The minimum absolute atomic E-state index is 0.0870. The van der Waals surface area contributed by atoms with E-state index in [2.05, 4.69) is 29.3 Å². The van der Waals surface area contributed by atoms with Crippen molar-refractivity contribution in [3.05, 3.63) is 35.9 Å². The van der Waals surface area contributed by atoms with Gasteiger partial charge in [0.2, 0.25) is 5.91 Å². The molecular weight excluding hydrogens is 248 g/mol. The third-order valence-electron chi connectivity index (χ3n) is 4.07. The van der Waals surface area contributed by atoms with Gasteiger partial charge in [-0.05, 0) is 37.8 Å². The molecule has 2 unspecified atom stereocenters. The lowest BCUT2D eigenvalue weighted by molar-refractivity contribution is -0.122. The molecule has 1 aromatic rings. The maximum atomic E-state index is 12.0. The predicted octanol–water partition coefficient (Wildman–Crippen LogP) is 2.99. The molecule has 2 atom stereocenters. The van der Waals surface area contributed by atoms with E-state index in [-0.39, 0.29) is 11.9 Å². The molecule has 0 aromatic heterocycles. The van der Waals surface area contributed by atoms with Gasteiger partial charge in [0.1, 0.15) is 0 Å². The first kappa shape index (κ1) is 15.0. The van der Waals surface area contributed by atoms with Crippen LogP contribution in [0.4, 0.5) is 0 Å². The predicted molar refractivity (Wildman–Crippen MR) is 82.5 cm³/mol. The Morgan fingerprint density at radius 2 is 2.15 bits per heavy atom. The summed E-state index contributed by atoms with van der Waals surface area (Å²) < 4.78 is 0. The van der Waals surface area contributed by atoms with Gasteiger partial charge in [0.05, 0.1) is 6.04 Å². The number of nitrogens with zero attached hydrogens (tertiary/aromatic N) is 1. The summed E-state index contributed by atoms with van der Waals surface area (Å²) in [5, 5.41) is 3.08. The summed E-state index contributed by atoms with van der Waals surface area (Å²) in [6.45, 7) is 7.50. The zero-order valence-electron chi connectivity index (χ0n) is 12.6. The van der Waals surface area contributed by atoms with E-state index in [0.717, 1.165) is 31.1 Å². The zero-order chi connectivity index (χ0) is 14.4. The first-order chi connectivity index (χ1) is 9.65. The van der Waals surface area contributed by atoms with Crippen molar-refractivity contribution in [3.63, 3.8) is 0 Å². The minimum Gasteiger partial charge on any atom is -0.350 e. The average Bonchev–Trinajstić information content (AvgIpc) is 2.46.